The second-order valence-corrected chi connectivity index (χ2v) is 6.81. The summed E-state index contributed by atoms with van der Waals surface area (Å²) in [6.07, 6.45) is -0.774. The fraction of sp³-hybridized carbons (Fsp3) is 0.100. The van der Waals surface area contributed by atoms with Gasteiger partial charge in [-0.3, -0.25) is 4.79 Å². The van der Waals surface area contributed by atoms with Gasteiger partial charge in [0.25, 0.3) is 5.91 Å². The molecule has 1 aromatic heterocycles. The van der Waals surface area contributed by atoms with Gasteiger partial charge in [0, 0.05) is 6.54 Å². The first-order valence-corrected chi connectivity index (χ1v) is 8.83. The number of carbonyl (C=O) groups excluding carboxylic acids is 1. The first-order valence-electron chi connectivity index (χ1n) is 8.02. The van der Waals surface area contributed by atoms with E-state index in [-0.39, 0.29) is 12.5 Å². The number of aliphatic hydroxyl groups excluding tert-OH is 1. The molecule has 4 rings (SSSR count). The van der Waals surface area contributed by atoms with Gasteiger partial charge in [-0.05, 0) is 28.5 Å². The quantitative estimate of drug-likeness (QED) is 0.588. The van der Waals surface area contributed by atoms with Gasteiger partial charge in [0.05, 0.1) is 16.3 Å². The zero-order valence-corrected chi connectivity index (χ0v) is 14.2. The molecular formula is C20H16N2O2S. The summed E-state index contributed by atoms with van der Waals surface area (Å²) >= 11 is 1.35. The molecule has 0 spiro atoms. The highest BCUT2D eigenvalue weighted by Gasteiger charge is 2.15. The number of carbonyl (C=O) groups is 1. The molecule has 0 aliphatic rings. The van der Waals surface area contributed by atoms with Crippen molar-refractivity contribution in [2.45, 2.75) is 6.10 Å². The van der Waals surface area contributed by atoms with Crippen molar-refractivity contribution in [3.05, 3.63) is 77.3 Å². The van der Waals surface area contributed by atoms with Crippen LogP contribution in [0.25, 0.3) is 21.0 Å². The van der Waals surface area contributed by atoms with E-state index < -0.39 is 6.10 Å². The lowest BCUT2D eigenvalue weighted by atomic mass is 10.0. The van der Waals surface area contributed by atoms with Crippen molar-refractivity contribution in [1.82, 2.24) is 10.3 Å². The second kappa shape index (κ2) is 6.63. The topological polar surface area (TPSA) is 62.2 Å². The Labute approximate surface area is 148 Å². The largest absolute Gasteiger partial charge is 0.387 e. The smallest absolute Gasteiger partial charge is 0.280 e. The van der Waals surface area contributed by atoms with Gasteiger partial charge in [0.2, 0.25) is 0 Å². The number of rotatable bonds is 4. The Bertz CT molecular complexity index is 1020. The van der Waals surface area contributed by atoms with Crippen molar-refractivity contribution in [2.75, 3.05) is 6.54 Å². The summed E-state index contributed by atoms with van der Waals surface area (Å²) in [7, 11) is 0. The number of aromatic nitrogens is 1. The number of fused-ring (bicyclic) bond motifs is 2. The molecular weight excluding hydrogens is 332 g/mol. The van der Waals surface area contributed by atoms with Crippen LogP contribution in [0.2, 0.25) is 0 Å². The summed E-state index contributed by atoms with van der Waals surface area (Å²) in [4.78, 5) is 16.7. The zero-order valence-electron chi connectivity index (χ0n) is 13.3. The van der Waals surface area contributed by atoms with Crippen molar-refractivity contribution in [1.29, 1.82) is 0 Å². The summed E-state index contributed by atoms with van der Waals surface area (Å²) in [6.45, 7) is 0.142. The molecule has 0 fully saturated rings. The lowest BCUT2D eigenvalue weighted by Gasteiger charge is -2.14. The third-order valence-electron chi connectivity index (χ3n) is 4.13. The van der Waals surface area contributed by atoms with E-state index in [0.717, 1.165) is 26.6 Å². The van der Waals surface area contributed by atoms with Crippen LogP contribution in [-0.2, 0) is 0 Å². The molecule has 4 aromatic rings. The monoisotopic (exact) mass is 348 g/mol. The lowest BCUT2D eigenvalue weighted by molar-refractivity contribution is 0.0917. The van der Waals surface area contributed by atoms with Gasteiger partial charge in [-0.25, -0.2) is 4.98 Å². The van der Waals surface area contributed by atoms with E-state index in [0.29, 0.717) is 5.01 Å². The Balaban J connectivity index is 1.51. The van der Waals surface area contributed by atoms with Crippen molar-refractivity contribution in [3.8, 4) is 0 Å². The van der Waals surface area contributed by atoms with Crippen molar-refractivity contribution >= 4 is 38.2 Å². The van der Waals surface area contributed by atoms with Gasteiger partial charge < -0.3 is 10.4 Å². The molecule has 0 aliphatic carbocycles. The molecule has 0 saturated heterocycles. The third kappa shape index (κ3) is 3.12. The number of aliphatic hydroxyl groups is 1. The summed E-state index contributed by atoms with van der Waals surface area (Å²) < 4.78 is 0.974. The fourth-order valence-corrected chi connectivity index (χ4v) is 3.77. The predicted molar refractivity (Wildman–Crippen MR) is 101 cm³/mol. The number of nitrogens with zero attached hydrogens (tertiary/aromatic N) is 1. The predicted octanol–water partition coefficient (Wildman–Crippen LogP) is 3.91. The molecule has 1 amide bonds. The highest BCUT2D eigenvalue weighted by molar-refractivity contribution is 7.20. The van der Waals surface area contributed by atoms with Crippen LogP contribution in [0.1, 0.15) is 21.5 Å². The Morgan fingerprint density at radius 1 is 1.04 bits per heavy atom. The maximum absolute atomic E-state index is 12.3. The average molecular weight is 348 g/mol. The number of para-hydroxylation sites is 1. The Hall–Kier alpha value is -2.76. The molecule has 124 valence electrons. The summed E-state index contributed by atoms with van der Waals surface area (Å²) in [6, 6.07) is 21.3. The van der Waals surface area contributed by atoms with Crippen molar-refractivity contribution in [3.63, 3.8) is 0 Å². The molecule has 0 unspecified atom stereocenters. The van der Waals surface area contributed by atoms with E-state index in [9.17, 15) is 9.90 Å². The minimum Gasteiger partial charge on any atom is -0.387 e. The van der Waals surface area contributed by atoms with Crippen molar-refractivity contribution < 1.29 is 9.90 Å². The van der Waals surface area contributed by atoms with Crippen LogP contribution >= 0.6 is 11.3 Å². The molecule has 4 nitrogen and oxygen atoms in total. The zero-order chi connectivity index (χ0) is 17.2. The number of nitrogens with one attached hydrogen (secondary N) is 1. The Kier molecular flexibility index (Phi) is 4.17. The van der Waals surface area contributed by atoms with E-state index in [2.05, 4.69) is 10.3 Å². The molecule has 1 heterocycles. The normalized spacial score (nSPS) is 12.4. The maximum Gasteiger partial charge on any atom is 0.280 e. The molecule has 0 radical (unpaired) electrons. The highest BCUT2D eigenvalue weighted by atomic mass is 32.1. The van der Waals surface area contributed by atoms with Gasteiger partial charge in [-0.2, -0.15) is 0 Å². The Morgan fingerprint density at radius 3 is 2.68 bits per heavy atom. The van der Waals surface area contributed by atoms with E-state index in [1.165, 1.54) is 11.3 Å². The van der Waals surface area contributed by atoms with Crippen LogP contribution in [0.4, 0.5) is 0 Å². The van der Waals surface area contributed by atoms with E-state index in [4.69, 9.17) is 0 Å². The number of hydrogen-bond acceptors (Lipinski definition) is 4. The third-order valence-corrected chi connectivity index (χ3v) is 5.16. The number of thiazole rings is 1. The molecule has 0 bridgehead atoms. The van der Waals surface area contributed by atoms with Gasteiger partial charge in [-0.1, -0.05) is 54.6 Å². The minimum atomic E-state index is -0.774. The second-order valence-electron chi connectivity index (χ2n) is 5.78. The van der Waals surface area contributed by atoms with E-state index >= 15 is 0 Å². The SMILES string of the molecule is O=C(NC[C@H](O)c1cccc2ccccc12)c1nc2ccccc2s1. The van der Waals surface area contributed by atoms with Gasteiger partial charge in [0.1, 0.15) is 0 Å². The van der Waals surface area contributed by atoms with E-state index in [1.807, 2.05) is 66.7 Å². The van der Waals surface area contributed by atoms with Crippen LogP contribution in [0.15, 0.2) is 66.7 Å². The maximum atomic E-state index is 12.3. The Morgan fingerprint density at radius 2 is 1.80 bits per heavy atom. The molecule has 3 aromatic carbocycles. The summed E-state index contributed by atoms with van der Waals surface area (Å²) in [5.74, 6) is -0.263. The fourth-order valence-electron chi connectivity index (χ4n) is 2.89. The number of hydrogen-bond donors (Lipinski definition) is 2. The molecule has 1 atom stereocenters. The summed E-state index contributed by atoms with van der Waals surface area (Å²) in [5, 5.41) is 15.8. The van der Waals surface area contributed by atoms with Crippen LogP contribution in [0.3, 0.4) is 0 Å². The van der Waals surface area contributed by atoms with Crippen LogP contribution in [0, 0.1) is 0 Å². The standard InChI is InChI=1S/C20H16N2O2S/c23-17(15-9-5-7-13-6-1-2-8-14(13)15)12-21-19(24)20-22-16-10-3-4-11-18(16)25-20/h1-11,17,23H,12H2,(H,21,24)/t17-/m0/s1. The number of benzene rings is 3. The molecule has 2 N–H and O–H groups in total. The van der Waals surface area contributed by atoms with Gasteiger partial charge >= 0.3 is 0 Å². The molecule has 5 heteroatoms. The lowest BCUT2D eigenvalue weighted by Crippen LogP contribution is -2.28. The summed E-state index contributed by atoms with van der Waals surface area (Å²) in [5.41, 5.74) is 1.62. The number of amides is 1. The highest BCUT2D eigenvalue weighted by Crippen LogP contribution is 2.24. The van der Waals surface area contributed by atoms with Crippen LogP contribution in [0.5, 0.6) is 0 Å². The first kappa shape index (κ1) is 15.7. The average Bonchev–Trinajstić information content (AvgIpc) is 3.09. The molecule has 25 heavy (non-hydrogen) atoms. The first-order chi connectivity index (χ1) is 12.2. The molecule has 0 aliphatic heterocycles. The van der Waals surface area contributed by atoms with E-state index in [1.54, 1.807) is 0 Å². The van der Waals surface area contributed by atoms with Crippen molar-refractivity contribution in [2.24, 2.45) is 0 Å². The van der Waals surface area contributed by atoms with Gasteiger partial charge in [0.15, 0.2) is 5.01 Å². The minimum absolute atomic E-state index is 0.142. The molecule has 0 saturated carbocycles. The van der Waals surface area contributed by atoms with Gasteiger partial charge in [-0.15, -0.1) is 11.3 Å². The van der Waals surface area contributed by atoms with Crippen LogP contribution < -0.4 is 5.32 Å². The van der Waals surface area contributed by atoms with Crippen LogP contribution in [-0.4, -0.2) is 22.5 Å².